The summed E-state index contributed by atoms with van der Waals surface area (Å²) in [4.78, 5) is 7.84. The smallest absolute Gasteiger partial charge is 0.245 e. The van der Waals surface area contributed by atoms with Gasteiger partial charge in [0.25, 0.3) is 0 Å². The molecule has 0 amide bonds. The van der Waals surface area contributed by atoms with Crippen molar-refractivity contribution in [2.75, 3.05) is 6.54 Å². The third-order valence-electron chi connectivity index (χ3n) is 4.41. The molecule has 25 heavy (non-hydrogen) atoms. The fraction of sp³-hybridized carbons (Fsp3) is 0.235. The predicted octanol–water partition coefficient (Wildman–Crippen LogP) is 4.40. The van der Waals surface area contributed by atoms with Crippen LogP contribution in [0.15, 0.2) is 47.4 Å². The molecule has 3 aromatic rings. The summed E-state index contributed by atoms with van der Waals surface area (Å²) in [6.45, 7) is 0.423. The van der Waals surface area contributed by atoms with Gasteiger partial charge < -0.3 is 4.98 Å². The largest absolute Gasteiger partial charge is 0.341 e. The fourth-order valence-electron chi connectivity index (χ4n) is 3.23. The average molecular weight is 396 g/mol. The maximum Gasteiger partial charge on any atom is 0.245 e. The average Bonchev–Trinajstić information content (AvgIpc) is 3.23. The Kier molecular flexibility index (Phi) is 4.24. The molecule has 1 aliphatic rings. The highest BCUT2D eigenvalue weighted by molar-refractivity contribution is 7.89. The molecule has 2 aromatic carbocycles. The second kappa shape index (κ2) is 6.29. The Labute approximate surface area is 155 Å². The van der Waals surface area contributed by atoms with Crippen LogP contribution in [0.5, 0.6) is 0 Å². The van der Waals surface area contributed by atoms with E-state index in [2.05, 4.69) is 9.97 Å². The van der Waals surface area contributed by atoms with E-state index >= 15 is 0 Å². The summed E-state index contributed by atoms with van der Waals surface area (Å²) in [5.41, 5.74) is 1.71. The molecule has 1 aromatic heterocycles. The van der Waals surface area contributed by atoms with Crippen LogP contribution in [-0.4, -0.2) is 29.2 Å². The van der Waals surface area contributed by atoms with Gasteiger partial charge in [-0.05, 0) is 43.2 Å². The zero-order valence-electron chi connectivity index (χ0n) is 13.1. The molecule has 130 valence electrons. The van der Waals surface area contributed by atoms with Gasteiger partial charge in [-0.15, -0.1) is 0 Å². The first-order chi connectivity index (χ1) is 12.0. The van der Waals surface area contributed by atoms with E-state index in [-0.39, 0.29) is 16.0 Å². The minimum Gasteiger partial charge on any atom is -0.341 e. The number of nitrogens with zero attached hydrogens (tertiary/aromatic N) is 2. The Hall–Kier alpha value is -1.60. The Morgan fingerprint density at radius 1 is 1.16 bits per heavy atom. The van der Waals surface area contributed by atoms with Crippen LogP contribution in [-0.2, 0) is 10.0 Å². The summed E-state index contributed by atoms with van der Waals surface area (Å²) >= 11 is 12.1. The molecule has 0 radical (unpaired) electrons. The third kappa shape index (κ3) is 2.93. The summed E-state index contributed by atoms with van der Waals surface area (Å²) in [6.07, 6.45) is 1.47. The number of hydrogen-bond acceptors (Lipinski definition) is 3. The molecule has 1 N–H and O–H groups in total. The van der Waals surface area contributed by atoms with E-state index in [0.29, 0.717) is 23.8 Å². The van der Waals surface area contributed by atoms with Gasteiger partial charge in [0.05, 0.1) is 22.1 Å². The van der Waals surface area contributed by atoms with Gasteiger partial charge in [-0.2, -0.15) is 4.31 Å². The summed E-state index contributed by atoms with van der Waals surface area (Å²) in [6, 6.07) is 11.8. The number of nitrogens with one attached hydrogen (secondary N) is 1. The van der Waals surface area contributed by atoms with Crippen LogP contribution < -0.4 is 0 Å². The molecule has 0 bridgehead atoms. The number of benzene rings is 2. The maximum absolute atomic E-state index is 13.1. The molecule has 1 aliphatic heterocycles. The molecular formula is C17H15Cl2N3O2S. The van der Waals surface area contributed by atoms with Crippen LogP contribution in [0.25, 0.3) is 11.0 Å². The van der Waals surface area contributed by atoms with E-state index in [1.807, 2.05) is 24.3 Å². The van der Waals surface area contributed by atoms with Gasteiger partial charge in [-0.3, -0.25) is 0 Å². The van der Waals surface area contributed by atoms with Crippen molar-refractivity contribution in [3.8, 4) is 0 Å². The highest BCUT2D eigenvalue weighted by Crippen LogP contribution is 2.38. The molecular weight excluding hydrogens is 381 g/mol. The van der Waals surface area contributed by atoms with E-state index < -0.39 is 10.0 Å². The number of imidazole rings is 1. The van der Waals surface area contributed by atoms with Crippen molar-refractivity contribution in [1.29, 1.82) is 0 Å². The molecule has 4 rings (SSSR count). The van der Waals surface area contributed by atoms with E-state index in [1.165, 1.54) is 16.4 Å². The summed E-state index contributed by atoms with van der Waals surface area (Å²) in [7, 11) is -3.77. The van der Waals surface area contributed by atoms with Gasteiger partial charge in [0.15, 0.2) is 0 Å². The Morgan fingerprint density at radius 2 is 1.96 bits per heavy atom. The van der Waals surface area contributed by atoms with Crippen molar-refractivity contribution < 1.29 is 8.42 Å². The van der Waals surface area contributed by atoms with Crippen LogP contribution in [0.4, 0.5) is 0 Å². The minimum atomic E-state index is -3.77. The third-order valence-corrected chi connectivity index (χ3v) is 7.03. The van der Waals surface area contributed by atoms with E-state index in [9.17, 15) is 8.42 Å². The van der Waals surface area contributed by atoms with Gasteiger partial charge in [0.1, 0.15) is 10.7 Å². The number of H-pyrrole nitrogens is 1. The molecule has 1 fully saturated rings. The zero-order valence-corrected chi connectivity index (χ0v) is 15.4. The minimum absolute atomic E-state index is 0.0321. The first-order valence-electron chi connectivity index (χ1n) is 7.88. The summed E-state index contributed by atoms with van der Waals surface area (Å²) in [5.74, 6) is 0.653. The number of para-hydroxylation sites is 2. The highest BCUT2D eigenvalue weighted by Gasteiger charge is 2.38. The molecule has 0 spiro atoms. The number of fused-ring (bicyclic) bond motifs is 1. The Morgan fingerprint density at radius 3 is 2.76 bits per heavy atom. The van der Waals surface area contributed by atoms with E-state index in [4.69, 9.17) is 23.2 Å². The van der Waals surface area contributed by atoms with Crippen LogP contribution >= 0.6 is 23.2 Å². The molecule has 1 saturated heterocycles. The first-order valence-corrected chi connectivity index (χ1v) is 10.1. The van der Waals surface area contributed by atoms with Crippen molar-refractivity contribution in [2.24, 2.45) is 0 Å². The molecule has 0 aliphatic carbocycles. The number of sulfonamides is 1. The lowest BCUT2D eigenvalue weighted by Crippen LogP contribution is -2.31. The summed E-state index contributed by atoms with van der Waals surface area (Å²) in [5, 5.41) is 0.502. The van der Waals surface area contributed by atoms with E-state index in [1.54, 1.807) is 6.07 Å². The zero-order chi connectivity index (χ0) is 17.6. The first kappa shape index (κ1) is 16.8. The lowest BCUT2D eigenvalue weighted by atomic mass is 10.2. The van der Waals surface area contributed by atoms with Crippen LogP contribution in [0.2, 0.25) is 10.0 Å². The number of aromatic amines is 1. The SMILES string of the molecule is O=S(=O)(c1cc(Cl)ccc1Cl)N1CCCC1c1nc2ccccc2[nH]1. The topological polar surface area (TPSA) is 66.1 Å². The van der Waals surface area contributed by atoms with Gasteiger partial charge in [0.2, 0.25) is 10.0 Å². The normalized spacial score (nSPS) is 18.9. The Bertz CT molecular complexity index is 1020. The van der Waals surface area contributed by atoms with Gasteiger partial charge >= 0.3 is 0 Å². The number of rotatable bonds is 3. The quantitative estimate of drug-likeness (QED) is 0.714. The van der Waals surface area contributed by atoms with Gasteiger partial charge in [-0.1, -0.05) is 35.3 Å². The molecule has 2 heterocycles. The second-order valence-electron chi connectivity index (χ2n) is 5.99. The van der Waals surface area contributed by atoms with Crippen molar-refractivity contribution in [1.82, 2.24) is 14.3 Å². The van der Waals surface area contributed by atoms with Gasteiger partial charge in [-0.25, -0.2) is 13.4 Å². The van der Waals surface area contributed by atoms with Crippen molar-refractivity contribution >= 4 is 44.3 Å². The number of hydrogen-bond donors (Lipinski definition) is 1. The lowest BCUT2D eigenvalue weighted by Gasteiger charge is -2.23. The lowest BCUT2D eigenvalue weighted by molar-refractivity contribution is 0.386. The second-order valence-corrected chi connectivity index (χ2v) is 8.69. The standard InChI is InChI=1S/C17H15Cl2N3O2S/c18-11-7-8-12(19)16(10-11)25(23,24)22-9-3-6-15(22)17-20-13-4-1-2-5-14(13)21-17/h1-2,4-5,7-8,10,15H,3,6,9H2,(H,20,21). The molecule has 1 unspecified atom stereocenters. The van der Waals surface area contributed by atoms with Crippen LogP contribution in [0.1, 0.15) is 24.7 Å². The summed E-state index contributed by atoms with van der Waals surface area (Å²) < 4.78 is 27.8. The van der Waals surface area contributed by atoms with Gasteiger partial charge in [0, 0.05) is 11.6 Å². The van der Waals surface area contributed by atoms with Crippen molar-refractivity contribution in [3.63, 3.8) is 0 Å². The van der Waals surface area contributed by atoms with Crippen LogP contribution in [0, 0.1) is 0 Å². The van der Waals surface area contributed by atoms with E-state index in [0.717, 1.165) is 17.5 Å². The number of halogens is 2. The molecule has 8 heteroatoms. The maximum atomic E-state index is 13.1. The Balaban J connectivity index is 1.77. The molecule has 1 atom stereocenters. The number of aromatic nitrogens is 2. The predicted molar refractivity (Wildman–Crippen MR) is 98.4 cm³/mol. The fourth-order valence-corrected chi connectivity index (χ4v) is 5.63. The van der Waals surface area contributed by atoms with Crippen molar-refractivity contribution in [2.45, 2.75) is 23.8 Å². The van der Waals surface area contributed by atoms with Crippen LogP contribution in [0.3, 0.4) is 0 Å². The molecule has 5 nitrogen and oxygen atoms in total. The van der Waals surface area contributed by atoms with Crippen molar-refractivity contribution in [3.05, 3.63) is 58.3 Å². The highest BCUT2D eigenvalue weighted by atomic mass is 35.5. The molecule has 0 saturated carbocycles. The monoisotopic (exact) mass is 395 g/mol.